The number of nitrogens with one attached hydrogen (secondary N) is 1. The van der Waals surface area contributed by atoms with Gasteiger partial charge in [0.15, 0.2) is 11.5 Å². The van der Waals surface area contributed by atoms with Crippen LogP contribution in [-0.4, -0.2) is 32.5 Å². The highest BCUT2D eigenvalue weighted by atomic mass is 32.2. The van der Waals surface area contributed by atoms with E-state index in [0.29, 0.717) is 11.3 Å². The molecule has 0 heterocycles. The predicted molar refractivity (Wildman–Crippen MR) is 133 cm³/mol. The van der Waals surface area contributed by atoms with Gasteiger partial charge in [-0.2, -0.15) is 8.42 Å². The van der Waals surface area contributed by atoms with Crippen molar-refractivity contribution in [2.75, 3.05) is 12.4 Å². The van der Waals surface area contributed by atoms with Crippen molar-refractivity contribution in [3.63, 3.8) is 0 Å². The first-order valence-corrected chi connectivity index (χ1v) is 12.5. The molecule has 1 N–H and O–H groups in total. The number of rotatable bonds is 9. The van der Waals surface area contributed by atoms with Gasteiger partial charge in [-0.1, -0.05) is 25.1 Å². The number of carbonyl (C=O) groups is 1. The summed E-state index contributed by atoms with van der Waals surface area (Å²) in [5.41, 5.74) is 2.36. The molecule has 0 spiro atoms. The Bertz CT molecular complexity index is 1280. The van der Waals surface area contributed by atoms with E-state index in [9.17, 15) is 17.6 Å². The molecule has 0 aromatic heterocycles. The summed E-state index contributed by atoms with van der Waals surface area (Å²) in [4.78, 5) is 14.6. The number of nitrogens with zero attached hydrogens (tertiary/aromatic N) is 1. The number of amides is 2. The van der Waals surface area contributed by atoms with Crippen molar-refractivity contribution >= 4 is 21.8 Å². The summed E-state index contributed by atoms with van der Waals surface area (Å²) in [6.07, 6.45) is 0.722. The second-order valence-electron chi connectivity index (χ2n) is 8.16. The zero-order valence-corrected chi connectivity index (χ0v) is 20.9. The lowest BCUT2D eigenvalue weighted by Crippen LogP contribution is -2.40. The largest absolute Gasteiger partial charge is 0.493 e. The first kappa shape index (κ1) is 26.0. The molecule has 186 valence electrons. The highest BCUT2D eigenvalue weighted by Crippen LogP contribution is 2.32. The fourth-order valence-electron chi connectivity index (χ4n) is 3.42. The van der Waals surface area contributed by atoms with Gasteiger partial charge in [0.25, 0.3) is 0 Å². The maximum Gasteiger partial charge on any atom is 0.339 e. The molecule has 0 bridgehead atoms. The van der Waals surface area contributed by atoms with Crippen LogP contribution in [0.15, 0.2) is 71.6 Å². The average Bonchev–Trinajstić information content (AvgIpc) is 2.82. The molecule has 9 heteroatoms. The molecule has 0 radical (unpaired) electrons. The van der Waals surface area contributed by atoms with E-state index in [1.807, 2.05) is 45.0 Å². The number of carbonyl (C=O) groups excluding carboxylic acids is 1. The monoisotopic (exact) mass is 500 g/mol. The molecule has 0 aliphatic heterocycles. The van der Waals surface area contributed by atoms with Gasteiger partial charge < -0.3 is 19.1 Å². The Labute approximate surface area is 205 Å². The first-order valence-electron chi connectivity index (χ1n) is 11.1. The standard InChI is InChI=1S/C26H29FN2O5S/c1-5-19(3)29(26(30)28-22-8-6-7-18(2)15-22)17-20-9-14-24(33-4)25(16-20)34-35(31,32)23-12-10-21(27)11-13-23/h6-16,19H,5,17H2,1-4H3,(H,28,30). The molecule has 0 saturated heterocycles. The van der Waals surface area contributed by atoms with Crippen LogP contribution in [0, 0.1) is 12.7 Å². The molecule has 3 aromatic rings. The van der Waals surface area contributed by atoms with Gasteiger partial charge in [0.05, 0.1) is 7.11 Å². The predicted octanol–water partition coefficient (Wildman–Crippen LogP) is 5.74. The molecule has 0 aliphatic rings. The minimum absolute atomic E-state index is 0.0301. The van der Waals surface area contributed by atoms with Crippen molar-refractivity contribution in [2.24, 2.45) is 0 Å². The second kappa shape index (κ2) is 11.2. The summed E-state index contributed by atoms with van der Waals surface area (Å²) in [6.45, 7) is 6.08. The van der Waals surface area contributed by atoms with Crippen LogP contribution in [-0.2, 0) is 16.7 Å². The Balaban J connectivity index is 1.86. The molecule has 3 rings (SSSR count). The molecular weight excluding hydrogens is 471 g/mol. The zero-order chi connectivity index (χ0) is 25.6. The summed E-state index contributed by atoms with van der Waals surface area (Å²) < 4.78 is 49.3. The van der Waals surface area contributed by atoms with Gasteiger partial charge in [-0.25, -0.2) is 9.18 Å². The van der Waals surface area contributed by atoms with Gasteiger partial charge in [-0.3, -0.25) is 0 Å². The molecule has 0 aliphatic carbocycles. The number of hydrogen-bond acceptors (Lipinski definition) is 5. The van der Waals surface area contributed by atoms with Crippen molar-refractivity contribution in [2.45, 2.75) is 44.7 Å². The summed E-state index contributed by atoms with van der Waals surface area (Å²) in [5, 5.41) is 2.92. The fraction of sp³-hybridized carbons (Fsp3) is 0.269. The minimum atomic E-state index is -4.23. The van der Waals surface area contributed by atoms with Gasteiger partial charge >= 0.3 is 16.1 Å². The van der Waals surface area contributed by atoms with Crippen molar-refractivity contribution in [3.05, 3.63) is 83.7 Å². The van der Waals surface area contributed by atoms with Crippen molar-refractivity contribution in [1.29, 1.82) is 0 Å². The first-order chi connectivity index (χ1) is 16.6. The Hall–Kier alpha value is -3.59. The number of hydrogen-bond donors (Lipinski definition) is 1. The number of ether oxygens (including phenoxy) is 1. The summed E-state index contributed by atoms with van der Waals surface area (Å²) >= 11 is 0. The zero-order valence-electron chi connectivity index (χ0n) is 20.1. The van der Waals surface area contributed by atoms with E-state index in [1.165, 1.54) is 13.2 Å². The van der Waals surface area contributed by atoms with Crippen LogP contribution >= 0.6 is 0 Å². The molecule has 2 amide bonds. The number of halogens is 1. The number of aryl methyl sites for hydroxylation is 1. The quantitative estimate of drug-likeness (QED) is 0.379. The maximum atomic E-state index is 13.2. The summed E-state index contributed by atoms with van der Waals surface area (Å²) in [5.74, 6) is -0.381. The fourth-order valence-corrected chi connectivity index (χ4v) is 4.35. The van der Waals surface area contributed by atoms with E-state index in [-0.39, 0.29) is 35.0 Å². The van der Waals surface area contributed by atoms with Crippen molar-refractivity contribution in [1.82, 2.24) is 4.90 Å². The molecule has 1 atom stereocenters. The Kier molecular flexibility index (Phi) is 8.34. The molecular formula is C26H29FN2O5S. The third-order valence-electron chi connectivity index (χ3n) is 5.54. The molecule has 0 saturated carbocycles. The number of urea groups is 1. The lowest BCUT2D eigenvalue weighted by Gasteiger charge is -2.29. The maximum absolute atomic E-state index is 13.2. The van der Waals surface area contributed by atoms with Gasteiger partial charge in [0.1, 0.15) is 10.7 Å². The Morgan fingerprint density at radius 2 is 1.77 bits per heavy atom. The van der Waals surface area contributed by atoms with Gasteiger partial charge in [-0.15, -0.1) is 0 Å². The third kappa shape index (κ3) is 6.73. The third-order valence-corrected chi connectivity index (χ3v) is 6.78. The number of methoxy groups -OCH3 is 1. The lowest BCUT2D eigenvalue weighted by atomic mass is 10.1. The highest BCUT2D eigenvalue weighted by molar-refractivity contribution is 7.87. The van der Waals surface area contributed by atoms with E-state index >= 15 is 0 Å². The lowest BCUT2D eigenvalue weighted by molar-refractivity contribution is 0.187. The van der Waals surface area contributed by atoms with Gasteiger partial charge in [0, 0.05) is 18.3 Å². The van der Waals surface area contributed by atoms with Crippen LogP contribution in [0.4, 0.5) is 14.9 Å². The molecule has 7 nitrogen and oxygen atoms in total. The smallest absolute Gasteiger partial charge is 0.339 e. The van der Waals surface area contributed by atoms with Crippen molar-refractivity contribution in [3.8, 4) is 11.5 Å². The molecule has 1 unspecified atom stereocenters. The molecule has 0 fully saturated rings. The highest BCUT2D eigenvalue weighted by Gasteiger charge is 2.23. The van der Waals surface area contributed by atoms with Gasteiger partial charge in [0.2, 0.25) is 0 Å². The topological polar surface area (TPSA) is 84.9 Å². The minimum Gasteiger partial charge on any atom is -0.493 e. The van der Waals surface area contributed by atoms with E-state index in [0.717, 1.165) is 36.2 Å². The second-order valence-corrected chi connectivity index (χ2v) is 9.71. The van der Waals surface area contributed by atoms with E-state index in [1.54, 1.807) is 17.0 Å². The van der Waals surface area contributed by atoms with Crippen LogP contribution in [0.5, 0.6) is 11.5 Å². The van der Waals surface area contributed by atoms with E-state index in [4.69, 9.17) is 8.92 Å². The van der Waals surface area contributed by atoms with E-state index < -0.39 is 15.9 Å². The Morgan fingerprint density at radius 3 is 2.40 bits per heavy atom. The van der Waals surface area contributed by atoms with Gasteiger partial charge in [-0.05, 0) is 79.9 Å². The summed E-state index contributed by atoms with van der Waals surface area (Å²) in [6, 6.07) is 16.3. The average molecular weight is 501 g/mol. The van der Waals surface area contributed by atoms with E-state index in [2.05, 4.69) is 5.32 Å². The normalized spacial score (nSPS) is 12.0. The van der Waals surface area contributed by atoms with Crippen molar-refractivity contribution < 1.29 is 26.5 Å². The van der Waals surface area contributed by atoms with Crippen LogP contribution in [0.3, 0.4) is 0 Å². The Morgan fingerprint density at radius 1 is 1.06 bits per heavy atom. The van der Waals surface area contributed by atoms with Crippen LogP contribution in [0.2, 0.25) is 0 Å². The van der Waals surface area contributed by atoms with Crippen LogP contribution in [0.1, 0.15) is 31.4 Å². The SMILES string of the molecule is CCC(C)N(Cc1ccc(OC)c(OS(=O)(=O)c2ccc(F)cc2)c1)C(=O)Nc1cccc(C)c1. The number of benzene rings is 3. The summed E-state index contributed by atoms with van der Waals surface area (Å²) in [7, 11) is -2.83. The number of anilines is 1. The molecule has 35 heavy (non-hydrogen) atoms. The van der Waals surface area contributed by atoms with Crippen LogP contribution in [0.25, 0.3) is 0 Å². The molecule has 3 aromatic carbocycles. The van der Waals surface area contributed by atoms with Crippen LogP contribution < -0.4 is 14.2 Å².